The second-order valence-electron chi connectivity index (χ2n) is 6.63. The first-order valence-electron chi connectivity index (χ1n) is 9.76. The van der Waals surface area contributed by atoms with Gasteiger partial charge in [0.25, 0.3) is 5.91 Å². The fourth-order valence-electron chi connectivity index (χ4n) is 3.04. The molecule has 1 aromatic heterocycles. The van der Waals surface area contributed by atoms with Gasteiger partial charge in [0.05, 0.1) is 0 Å². The molecule has 0 aliphatic carbocycles. The van der Waals surface area contributed by atoms with Crippen molar-refractivity contribution in [2.24, 2.45) is 0 Å². The second-order valence-corrected chi connectivity index (χ2v) is 6.63. The smallest absolute Gasteiger partial charge is 0.253 e. The summed E-state index contributed by atoms with van der Waals surface area (Å²) >= 11 is 0. The van der Waals surface area contributed by atoms with Crippen molar-refractivity contribution in [2.45, 2.75) is 26.7 Å². The number of carbonyl (C=O) groups excluding carboxylic acids is 1. The highest BCUT2D eigenvalue weighted by molar-refractivity contribution is 5.94. The number of anilines is 2. The van der Waals surface area contributed by atoms with Crippen LogP contribution in [0.15, 0.2) is 66.9 Å². The van der Waals surface area contributed by atoms with Crippen LogP contribution in [0.1, 0.15) is 37.0 Å². The molecule has 5 nitrogen and oxygen atoms in total. The van der Waals surface area contributed by atoms with Gasteiger partial charge in [-0.2, -0.15) is 0 Å². The average Bonchev–Trinajstić information content (AvgIpc) is 2.74. The van der Waals surface area contributed by atoms with E-state index in [0.29, 0.717) is 17.2 Å². The highest BCUT2D eigenvalue weighted by atomic mass is 16.2. The molecule has 0 saturated heterocycles. The molecule has 0 unspecified atom stereocenters. The lowest BCUT2D eigenvalue weighted by Gasteiger charge is -2.21. The van der Waals surface area contributed by atoms with E-state index >= 15 is 0 Å². The van der Waals surface area contributed by atoms with Crippen LogP contribution < -0.4 is 5.32 Å². The van der Waals surface area contributed by atoms with E-state index in [1.54, 1.807) is 6.20 Å². The largest absolute Gasteiger partial charge is 0.340 e. The number of carbonyl (C=O) groups is 1. The molecule has 1 N–H and O–H groups in total. The minimum atomic E-state index is 0.0867. The standard InChI is InChI=1S/C23H26N4O/c1-3-16-27(17-4-2)23(28)19-10-12-20(13-11-19)25-21-14-15-24-22(26-21)18-8-6-5-7-9-18/h5-15H,3-4,16-17H2,1-2H3,(H,24,25,26). The van der Waals surface area contributed by atoms with Gasteiger partial charge in [-0.05, 0) is 43.2 Å². The average molecular weight is 374 g/mol. The molecule has 0 radical (unpaired) electrons. The molecule has 0 aliphatic heterocycles. The zero-order chi connectivity index (χ0) is 19.8. The number of hydrogen-bond donors (Lipinski definition) is 1. The molecule has 2 aromatic carbocycles. The Morgan fingerprint density at radius 1 is 0.929 bits per heavy atom. The third kappa shape index (κ3) is 4.94. The van der Waals surface area contributed by atoms with Crippen molar-refractivity contribution >= 4 is 17.4 Å². The van der Waals surface area contributed by atoms with Crippen molar-refractivity contribution < 1.29 is 4.79 Å². The molecule has 28 heavy (non-hydrogen) atoms. The molecular weight excluding hydrogens is 348 g/mol. The summed E-state index contributed by atoms with van der Waals surface area (Å²) in [5.41, 5.74) is 2.56. The van der Waals surface area contributed by atoms with Crippen LogP contribution in [-0.2, 0) is 0 Å². The van der Waals surface area contributed by atoms with E-state index in [4.69, 9.17) is 0 Å². The SMILES string of the molecule is CCCN(CCC)C(=O)c1ccc(Nc2ccnc(-c3ccccc3)n2)cc1. The molecule has 5 heteroatoms. The van der Waals surface area contributed by atoms with Crippen molar-refractivity contribution in [1.82, 2.24) is 14.9 Å². The van der Waals surface area contributed by atoms with Crippen LogP contribution in [0.2, 0.25) is 0 Å². The van der Waals surface area contributed by atoms with Crippen LogP contribution in [0.4, 0.5) is 11.5 Å². The van der Waals surface area contributed by atoms with Crippen LogP contribution in [0.3, 0.4) is 0 Å². The monoisotopic (exact) mass is 374 g/mol. The summed E-state index contributed by atoms with van der Waals surface area (Å²) in [5.74, 6) is 1.47. The first kappa shape index (κ1) is 19.5. The van der Waals surface area contributed by atoms with Gasteiger partial charge >= 0.3 is 0 Å². The van der Waals surface area contributed by atoms with E-state index in [1.807, 2.05) is 65.6 Å². The van der Waals surface area contributed by atoms with Gasteiger partial charge in [-0.1, -0.05) is 44.2 Å². The van der Waals surface area contributed by atoms with Gasteiger partial charge in [-0.15, -0.1) is 0 Å². The maximum Gasteiger partial charge on any atom is 0.253 e. The van der Waals surface area contributed by atoms with Crippen molar-refractivity contribution in [3.63, 3.8) is 0 Å². The van der Waals surface area contributed by atoms with Crippen LogP contribution in [0.5, 0.6) is 0 Å². The van der Waals surface area contributed by atoms with Gasteiger partial charge in [0.2, 0.25) is 0 Å². The van der Waals surface area contributed by atoms with Crippen molar-refractivity contribution in [1.29, 1.82) is 0 Å². The van der Waals surface area contributed by atoms with E-state index in [2.05, 4.69) is 29.1 Å². The van der Waals surface area contributed by atoms with E-state index in [0.717, 1.165) is 37.2 Å². The molecule has 0 aliphatic rings. The lowest BCUT2D eigenvalue weighted by atomic mass is 10.1. The molecular formula is C23H26N4O. The summed E-state index contributed by atoms with van der Waals surface area (Å²) in [6.07, 6.45) is 3.66. The quantitative estimate of drug-likeness (QED) is 0.592. The number of nitrogens with one attached hydrogen (secondary N) is 1. The Hall–Kier alpha value is -3.21. The molecule has 3 aromatic rings. The topological polar surface area (TPSA) is 58.1 Å². The second kappa shape index (κ2) is 9.65. The van der Waals surface area contributed by atoms with E-state index in [1.165, 1.54) is 0 Å². The summed E-state index contributed by atoms with van der Waals surface area (Å²) < 4.78 is 0. The third-order valence-electron chi connectivity index (χ3n) is 4.37. The maximum absolute atomic E-state index is 12.7. The molecule has 0 saturated carbocycles. The Balaban J connectivity index is 1.72. The van der Waals surface area contributed by atoms with Crippen molar-refractivity contribution in [3.05, 3.63) is 72.4 Å². The Morgan fingerprint density at radius 3 is 2.25 bits per heavy atom. The maximum atomic E-state index is 12.7. The highest BCUT2D eigenvalue weighted by Crippen LogP contribution is 2.19. The molecule has 0 bridgehead atoms. The number of nitrogens with zero attached hydrogens (tertiary/aromatic N) is 3. The molecule has 144 valence electrons. The van der Waals surface area contributed by atoms with E-state index < -0.39 is 0 Å². The lowest BCUT2D eigenvalue weighted by molar-refractivity contribution is 0.0755. The summed E-state index contributed by atoms with van der Waals surface area (Å²) in [4.78, 5) is 23.5. The van der Waals surface area contributed by atoms with Crippen LogP contribution in [0.25, 0.3) is 11.4 Å². The minimum absolute atomic E-state index is 0.0867. The number of benzene rings is 2. The number of hydrogen-bond acceptors (Lipinski definition) is 4. The predicted molar refractivity (Wildman–Crippen MR) is 114 cm³/mol. The fraction of sp³-hybridized carbons (Fsp3) is 0.261. The predicted octanol–water partition coefficient (Wildman–Crippen LogP) is 5.15. The number of amides is 1. The van der Waals surface area contributed by atoms with Gasteiger partial charge in [-0.3, -0.25) is 4.79 Å². The Morgan fingerprint density at radius 2 is 1.61 bits per heavy atom. The van der Waals surface area contributed by atoms with Gasteiger partial charge in [0.1, 0.15) is 5.82 Å². The first-order chi connectivity index (χ1) is 13.7. The minimum Gasteiger partial charge on any atom is -0.340 e. The molecule has 0 spiro atoms. The van der Waals surface area contributed by atoms with Crippen LogP contribution in [0, 0.1) is 0 Å². The third-order valence-corrected chi connectivity index (χ3v) is 4.37. The summed E-state index contributed by atoms with van der Waals surface area (Å²) in [6, 6.07) is 19.2. The Labute approximate surface area is 166 Å². The number of aromatic nitrogens is 2. The van der Waals surface area contributed by atoms with Gasteiger partial charge < -0.3 is 10.2 Å². The van der Waals surface area contributed by atoms with E-state index in [-0.39, 0.29) is 5.91 Å². The zero-order valence-corrected chi connectivity index (χ0v) is 16.4. The summed E-state index contributed by atoms with van der Waals surface area (Å²) in [6.45, 7) is 5.76. The first-order valence-corrected chi connectivity index (χ1v) is 9.76. The highest BCUT2D eigenvalue weighted by Gasteiger charge is 2.14. The zero-order valence-electron chi connectivity index (χ0n) is 16.4. The number of rotatable bonds is 8. The Bertz CT molecular complexity index is 888. The van der Waals surface area contributed by atoms with Gasteiger partial charge in [-0.25, -0.2) is 9.97 Å². The lowest BCUT2D eigenvalue weighted by Crippen LogP contribution is -2.32. The van der Waals surface area contributed by atoms with E-state index in [9.17, 15) is 4.79 Å². The Kier molecular flexibility index (Phi) is 6.73. The summed E-state index contributed by atoms with van der Waals surface area (Å²) in [7, 11) is 0. The molecule has 1 amide bonds. The fourth-order valence-corrected chi connectivity index (χ4v) is 3.04. The van der Waals surface area contributed by atoms with Crippen LogP contribution >= 0.6 is 0 Å². The van der Waals surface area contributed by atoms with Gasteiger partial charge in [0.15, 0.2) is 5.82 Å². The van der Waals surface area contributed by atoms with Crippen molar-refractivity contribution in [2.75, 3.05) is 18.4 Å². The molecule has 0 atom stereocenters. The normalized spacial score (nSPS) is 10.5. The molecule has 3 rings (SSSR count). The molecule has 0 fully saturated rings. The van der Waals surface area contributed by atoms with Crippen molar-refractivity contribution in [3.8, 4) is 11.4 Å². The molecule has 1 heterocycles. The summed E-state index contributed by atoms with van der Waals surface area (Å²) in [5, 5.41) is 3.28. The van der Waals surface area contributed by atoms with Crippen LogP contribution in [-0.4, -0.2) is 33.9 Å². The van der Waals surface area contributed by atoms with Gasteiger partial charge in [0, 0.05) is 36.1 Å².